The minimum atomic E-state index is -0.467. The maximum atomic E-state index is 12.3. The first-order valence-corrected chi connectivity index (χ1v) is 7.14. The Morgan fingerprint density at radius 3 is 3.00 bits per heavy atom. The zero-order valence-electron chi connectivity index (χ0n) is 11.6. The second-order valence-corrected chi connectivity index (χ2v) is 5.65. The van der Waals surface area contributed by atoms with Gasteiger partial charge in [-0.25, -0.2) is 4.79 Å². The van der Waals surface area contributed by atoms with E-state index >= 15 is 0 Å². The highest BCUT2D eigenvalue weighted by Crippen LogP contribution is 2.27. The number of anilines is 1. The van der Waals surface area contributed by atoms with Gasteiger partial charge in [0.15, 0.2) is 0 Å². The zero-order valence-corrected chi connectivity index (χ0v) is 11.6. The minimum Gasteiger partial charge on any atom is -0.324 e. The molecule has 0 bridgehead atoms. The van der Waals surface area contributed by atoms with Gasteiger partial charge in [0, 0.05) is 30.9 Å². The molecule has 0 radical (unpaired) electrons. The van der Waals surface area contributed by atoms with E-state index in [0.717, 1.165) is 32.6 Å². The number of nitrogens with zero attached hydrogens (tertiary/aromatic N) is 2. The third kappa shape index (κ3) is 2.97. The number of rotatable bonds is 2. The van der Waals surface area contributed by atoms with Gasteiger partial charge in [0.1, 0.15) is 0 Å². The molecule has 3 rings (SSSR count). The van der Waals surface area contributed by atoms with Crippen molar-refractivity contribution in [1.82, 2.24) is 10.2 Å². The Morgan fingerprint density at radius 1 is 1.38 bits per heavy atom. The minimum absolute atomic E-state index is 0.0218. The molecule has 0 saturated carbocycles. The van der Waals surface area contributed by atoms with Gasteiger partial charge in [-0.3, -0.25) is 10.1 Å². The molecule has 7 heteroatoms. The van der Waals surface area contributed by atoms with Crippen LogP contribution in [0.5, 0.6) is 0 Å². The van der Waals surface area contributed by atoms with Crippen LogP contribution < -0.4 is 10.6 Å². The van der Waals surface area contributed by atoms with Gasteiger partial charge < -0.3 is 15.5 Å². The van der Waals surface area contributed by atoms with E-state index in [9.17, 15) is 14.9 Å². The summed E-state index contributed by atoms with van der Waals surface area (Å²) in [6.45, 7) is 3.50. The average Bonchev–Trinajstić information content (AvgIpc) is 2.94. The van der Waals surface area contributed by atoms with Crippen molar-refractivity contribution >= 4 is 17.4 Å². The lowest BCUT2D eigenvalue weighted by molar-refractivity contribution is -0.384. The summed E-state index contributed by atoms with van der Waals surface area (Å²) in [6.07, 6.45) is 1.01. The van der Waals surface area contributed by atoms with Crippen molar-refractivity contribution in [3.63, 3.8) is 0 Å². The van der Waals surface area contributed by atoms with E-state index in [4.69, 9.17) is 0 Å². The van der Waals surface area contributed by atoms with Crippen LogP contribution in [0.3, 0.4) is 0 Å². The molecule has 1 aromatic rings. The maximum Gasteiger partial charge on any atom is 0.321 e. The summed E-state index contributed by atoms with van der Waals surface area (Å²) < 4.78 is 0. The fourth-order valence-electron chi connectivity index (χ4n) is 3.12. The van der Waals surface area contributed by atoms with E-state index in [1.165, 1.54) is 12.1 Å². The number of likely N-dealkylation sites (tertiary alicyclic amines) is 1. The largest absolute Gasteiger partial charge is 0.324 e. The number of nitro benzene ring substituents is 1. The second-order valence-electron chi connectivity index (χ2n) is 5.65. The molecule has 0 spiro atoms. The molecule has 2 amide bonds. The molecule has 2 aliphatic heterocycles. The van der Waals surface area contributed by atoms with Crippen LogP contribution in [-0.2, 0) is 0 Å². The van der Waals surface area contributed by atoms with E-state index < -0.39 is 4.92 Å². The van der Waals surface area contributed by atoms with Gasteiger partial charge in [0.25, 0.3) is 5.69 Å². The fraction of sp³-hybridized carbons (Fsp3) is 0.500. The smallest absolute Gasteiger partial charge is 0.321 e. The van der Waals surface area contributed by atoms with Crippen molar-refractivity contribution in [1.29, 1.82) is 0 Å². The first kappa shape index (κ1) is 13.8. The van der Waals surface area contributed by atoms with E-state index in [1.54, 1.807) is 17.0 Å². The molecule has 2 heterocycles. The van der Waals surface area contributed by atoms with Gasteiger partial charge in [-0.2, -0.15) is 0 Å². The summed E-state index contributed by atoms with van der Waals surface area (Å²) in [4.78, 5) is 24.3. The first-order valence-electron chi connectivity index (χ1n) is 7.14. The van der Waals surface area contributed by atoms with Crippen molar-refractivity contribution < 1.29 is 9.72 Å². The lowest BCUT2D eigenvalue weighted by Crippen LogP contribution is -2.45. The summed E-state index contributed by atoms with van der Waals surface area (Å²) in [6, 6.07) is 5.84. The van der Waals surface area contributed by atoms with E-state index in [-0.39, 0.29) is 11.7 Å². The quantitative estimate of drug-likeness (QED) is 0.640. The predicted molar refractivity (Wildman–Crippen MR) is 78.2 cm³/mol. The molecule has 7 nitrogen and oxygen atoms in total. The molecule has 2 unspecified atom stereocenters. The predicted octanol–water partition coefficient (Wildman–Crippen LogP) is 1.67. The first-order chi connectivity index (χ1) is 10.1. The Hall–Kier alpha value is -2.15. The lowest BCUT2D eigenvalue weighted by atomic mass is 9.89. The molecule has 0 aromatic heterocycles. The normalized spacial score (nSPS) is 24.5. The Kier molecular flexibility index (Phi) is 3.74. The SMILES string of the molecule is O=C(Nc1cccc([N+](=O)[O-])c1)N1CCC2CNCC2C1. The molecule has 2 N–H and O–H groups in total. The Morgan fingerprint density at radius 2 is 2.19 bits per heavy atom. The third-order valence-electron chi connectivity index (χ3n) is 4.30. The van der Waals surface area contributed by atoms with Crippen LogP contribution in [0.15, 0.2) is 24.3 Å². The number of urea groups is 1. The summed E-state index contributed by atoms with van der Waals surface area (Å²) in [7, 11) is 0. The Labute approximate surface area is 122 Å². The van der Waals surface area contributed by atoms with Crippen molar-refractivity contribution in [3.8, 4) is 0 Å². The second kappa shape index (κ2) is 5.69. The molecule has 1 aromatic carbocycles. The standard InChI is InChI=1S/C14H18N4O3/c19-14(16-12-2-1-3-13(6-12)18(20)21)17-5-4-10-7-15-8-11(10)9-17/h1-3,6,10-11,15H,4-5,7-9H2,(H,16,19). The van der Waals surface area contributed by atoms with Gasteiger partial charge in [-0.15, -0.1) is 0 Å². The zero-order chi connectivity index (χ0) is 14.8. The lowest BCUT2D eigenvalue weighted by Gasteiger charge is -2.34. The van der Waals surface area contributed by atoms with Crippen LogP contribution in [0, 0.1) is 22.0 Å². The van der Waals surface area contributed by atoms with Crippen LogP contribution in [0.4, 0.5) is 16.2 Å². The molecular weight excluding hydrogens is 272 g/mol. The van der Waals surface area contributed by atoms with Crippen molar-refractivity contribution in [3.05, 3.63) is 34.4 Å². The van der Waals surface area contributed by atoms with Crippen molar-refractivity contribution in [2.75, 3.05) is 31.5 Å². The summed E-state index contributed by atoms with van der Waals surface area (Å²) in [5, 5.41) is 16.8. The van der Waals surface area contributed by atoms with E-state index in [2.05, 4.69) is 10.6 Å². The molecular formula is C14H18N4O3. The number of amides is 2. The number of nitro groups is 1. The van der Waals surface area contributed by atoms with Gasteiger partial charge >= 0.3 is 6.03 Å². The molecule has 0 aliphatic carbocycles. The number of benzene rings is 1. The van der Waals surface area contributed by atoms with Crippen LogP contribution >= 0.6 is 0 Å². The number of non-ortho nitro benzene ring substituents is 1. The third-order valence-corrected chi connectivity index (χ3v) is 4.30. The number of nitrogens with one attached hydrogen (secondary N) is 2. The van der Waals surface area contributed by atoms with Gasteiger partial charge in [0.05, 0.1) is 4.92 Å². The molecule has 2 fully saturated rings. The summed E-state index contributed by atoms with van der Waals surface area (Å²) in [5.74, 6) is 1.20. The van der Waals surface area contributed by atoms with Crippen molar-refractivity contribution in [2.45, 2.75) is 6.42 Å². The summed E-state index contributed by atoms with van der Waals surface area (Å²) >= 11 is 0. The van der Waals surface area contributed by atoms with E-state index in [0.29, 0.717) is 17.5 Å². The Bertz CT molecular complexity index is 563. The van der Waals surface area contributed by atoms with Gasteiger partial charge in [-0.05, 0) is 37.4 Å². The molecule has 112 valence electrons. The van der Waals surface area contributed by atoms with Crippen LogP contribution in [0.2, 0.25) is 0 Å². The monoisotopic (exact) mass is 290 g/mol. The highest BCUT2D eigenvalue weighted by Gasteiger charge is 2.34. The number of piperidine rings is 1. The molecule has 2 aliphatic rings. The number of hydrogen-bond donors (Lipinski definition) is 2. The van der Waals surface area contributed by atoms with Crippen LogP contribution in [0.1, 0.15) is 6.42 Å². The number of carbonyl (C=O) groups is 1. The number of fused-ring (bicyclic) bond motifs is 1. The molecule has 2 saturated heterocycles. The van der Waals surface area contributed by atoms with Crippen LogP contribution in [0.25, 0.3) is 0 Å². The Balaban J connectivity index is 1.63. The van der Waals surface area contributed by atoms with Gasteiger partial charge in [-0.1, -0.05) is 6.07 Å². The number of hydrogen-bond acceptors (Lipinski definition) is 4. The molecule has 2 atom stereocenters. The number of carbonyl (C=O) groups excluding carboxylic acids is 1. The maximum absolute atomic E-state index is 12.3. The van der Waals surface area contributed by atoms with Crippen molar-refractivity contribution in [2.24, 2.45) is 11.8 Å². The fourth-order valence-corrected chi connectivity index (χ4v) is 3.12. The average molecular weight is 290 g/mol. The topological polar surface area (TPSA) is 87.5 Å². The summed E-state index contributed by atoms with van der Waals surface area (Å²) in [5.41, 5.74) is 0.437. The van der Waals surface area contributed by atoms with E-state index in [1.807, 2.05) is 0 Å². The highest BCUT2D eigenvalue weighted by atomic mass is 16.6. The van der Waals surface area contributed by atoms with Crippen LogP contribution in [-0.4, -0.2) is 42.0 Å². The van der Waals surface area contributed by atoms with Gasteiger partial charge in [0.2, 0.25) is 0 Å². The molecule has 21 heavy (non-hydrogen) atoms. The highest BCUT2D eigenvalue weighted by molar-refractivity contribution is 5.89.